The lowest BCUT2D eigenvalue weighted by Crippen LogP contribution is -2.15. The lowest BCUT2D eigenvalue weighted by Gasteiger charge is -2.09. The number of benzene rings is 2. The van der Waals surface area contributed by atoms with Gasteiger partial charge >= 0.3 is 0 Å². The molecule has 0 aliphatic carbocycles. The third kappa shape index (κ3) is 6.15. The number of hydrogen-bond donors (Lipinski definition) is 1. The standard InChI is InChI=1S/C20H20Cl2N4OS2/c1-3-26-18(11-28-15-7-4-13(2)5-8-15)24-25-20(26)29-12-19(27)23-17-10-14(21)6-9-16(17)22/h4-10H,3,11-12H2,1-2H3,(H,23,27). The molecule has 0 aliphatic heterocycles. The number of carbonyl (C=O) groups excluding carboxylic acids is 1. The molecule has 3 rings (SSSR count). The maximum atomic E-state index is 12.3. The zero-order valence-corrected chi connectivity index (χ0v) is 19.1. The van der Waals surface area contributed by atoms with Crippen molar-refractivity contribution in [1.82, 2.24) is 14.8 Å². The molecule has 0 saturated carbocycles. The summed E-state index contributed by atoms with van der Waals surface area (Å²) in [7, 11) is 0. The van der Waals surface area contributed by atoms with Crippen LogP contribution in [0.25, 0.3) is 0 Å². The molecule has 0 aliphatic rings. The van der Waals surface area contributed by atoms with E-state index in [4.69, 9.17) is 23.2 Å². The number of halogens is 2. The molecule has 0 saturated heterocycles. The SMILES string of the molecule is CCn1c(CSc2ccc(C)cc2)nnc1SCC(=O)Nc1cc(Cl)ccc1Cl. The minimum Gasteiger partial charge on any atom is -0.324 e. The third-order valence-corrected chi connectivity index (χ3v) is 6.57. The molecule has 0 unspecified atom stereocenters. The molecule has 1 N–H and O–H groups in total. The van der Waals surface area contributed by atoms with Crippen molar-refractivity contribution >= 4 is 58.3 Å². The Balaban J connectivity index is 1.58. The Kier molecular flexibility index (Phi) is 7.89. The molecule has 29 heavy (non-hydrogen) atoms. The van der Waals surface area contributed by atoms with E-state index in [1.165, 1.54) is 22.2 Å². The molecule has 0 atom stereocenters. The molecule has 5 nitrogen and oxygen atoms in total. The van der Waals surface area contributed by atoms with Gasteiger partial charge in [0.1, 0.15) is 5.82 Å². The van der Waals surface area contributed by atoms with E-state index in [9.17, 15) is 4.79 Å². The highest BCUT2D eigenvalue weighted by Crippen LogP contribution is 2.27. The summed E-state index contributed by atoms with van der Waals surface area (Å²) >= 11 is 15.1. The summed E-state index contributed by atoms with van der Waals surface area (Å²) in [6, 6.07) is 13.4. The van der Waals surface area contributed by atoms with E-state index >= 15 is 0 Å². The smallest absolute Gasteiger partial charge is 0.234 e. The Bertz CT molecular complexity index is 993. The molecule has 2 aromatic carbocycles. The van der Waals surface area contributed by atoms with E-state index in [0.717, 1.165) is 23.3 Å². The Labute approximate surface area is 188 Å². The van der Waals surface area contributed by atoms with Crippen molar-refractivity contribution in [2.24, 2.45) is 0 Å². The highest BCUT2D eigenvalue weighted by Gasteiger charge is 2.14. The first-order chi connectivity index (χ1) is 14.0. The number of nitrogens with one attached hydrogen (secondary N) is 1. The van der Waals surface area contributed by atoms with E-state index in [2.05, 4.69) is 46.7 Å². The average molecular weight is 467 g/mol. The Morgan fingerprint density at radius 3 is 2.59 bits per heavy atom. The Morgan fingerprint density at radius 2 is 1.86 bits per heavy atom. The fourth-order valence-corrected chi connectivity index (χ4v) is 4.54. The van der Waals surface area contributed by atoms with E-state index in [1.807, 2.05) is 11.5 Å². The molecule has 1 amide bonds. The van der Waals surface area contributed by atoms with Crippen molar-refractivity contribution in [3.05, 3.63) is 63.9 Å². The quantitative estimate of drug-likeness (QED) is 0.416. The van der Waals surface area contributed by atoms with Gasteiger partial charge in [0.25, 0.3) is 0 Å². The van der Waals surface area contributed by atoms with E-state index < -0.39 is 0 Å². The van der Waals surface area contributed by atoms with Gasteiger partial charge in [-0.3, -0.25) is 4.79 Å². The highest BCUT2D eigenvalue weighted by molar-refractivity contribution is 7.99. The number of aryl methyl sites for hydroxylation is 1. The van der Waals surface area contributed by atoms with Crippen LogP contribution in [0.4, 0.5) is 5.69 Å². The third-order valence-electron chi connectivity index (χ3n) is 4.03. The maximum Gasteiger partial charge on any atom is 0.234 e. The minimum atomic E-state index is -0.180. The van der Waals surface area contributed by atoms with Crippen LogP contribution in [0.15, 0.2) is 52.5 Å². The topological polar surface area (TPSA) is 59.8 Å². The summed E-state index contributed by atoms with van der Waals surface area (Å²) in [4.78, 5) is 13.5. The first-order valence-corrected chi connectivity index (χ1v) is 11.7. The average Bonchev–Trinajstić information content (AvgIpc) is 3.10. The van der Waals surface area contributed by atoms with Crippen molar-refractivity contribution in [2.45, 2.75) is 36.2 Å². The number of thioether (sulfide) groups is 2. The van der Waals surface area contributed by atoms with Crippen LogP contribution in [0, 0.1) is 6.92 Å². The van der Waals surface area contributed by atoms with Crippen molar-refractivity contribution < 1.29 is 4.79 Å². The van der Waals surface area contributed by atoms with Crippen LogP contribution in [0.5, 0.6) is 0 Å². The van der Waals surface area contributed by atoms with Crippen LogP contribution in [0.3, 0.4) is 0 Å². The largest absolute Gasteiger partial charge is 0.324 e. The van der Waals surface area contributed by atoms with Crippen molar-refractivity contribution in [3.63, 3.8) is 0 Å². The van der Waals surface area contributed by atoms with Gasteiger partial charge in [0.15, 0.2) is 5.16 Å². The monoisotopic (exact) mass is 466 g/mol. The molecule has 1 heterocycles. The summed E-state index contributed by atoms with van der Waals surface area (Å²) < 4.78 is 2.03. The number of hydrogen-bond acceptors (Lipinski definition) is 5. The van der Waals surface area contributed by atoms with Gasteiger partial charge in [-0.2, -0.15) is 0 Å². The summed E-state index contributed by atoms with van der Waals surface area (Å²) in [6.45, 7) is 4.85. The Morgan fingerprint density at radius 1 is 1.10 bits per heavy atom. The molecule has 152 valence electrons. The van der Waals surface area contributed by atoms with Crippen molar-refractivity contribution in [3.8, 4) is 0 Å². The first kappa shape index (κ1) is 22.0. The van der Waals surface area contributed by atoms with Gasteiger partial charge in [0, 0.05) is 16.5 Å². The summed E-state index contributed by atoms with van der Waals surface area (Å²) in [5, 5.41) is 13.0. The van der Waals surface area contributed by atoms with Crippen LogP contribution >= 0.6 is 46.7 Å². The second-order valence-electron chi connectivity index (χ2n) is 6.21. The van der Waals surface area contributed by atoms with Crippen LogP contribution in [-0.4, -0.2) is 26.4 Å². The Hall–Kier alpha value is -1.67. The number of amides is 1. The van der Waals surface area contributed by atoms with Crippen molar-refractivity contribution in [1.29, 1.82) is 0 Å². The van der Waals surface area contributed by atoms with Crippen LogP contribution in [0.1, 0.15) is 18.3 Å². The van der Waals surface area contributed by atoms with Gasteiger partial charge in [-0.25, -0.2) is 0 Å². The first-order valence-electron chi connectivity index (χ1n) is 8.95. The maximum absolute atomic E-state index is 12.3. The molecular weight excluding hydrogens is 447 g/mol. The highest BCUT2D eigenvalue weighted by atomic mass is 35.5. The van der Waals surface area contributed by atoms with Gasteiger partial charge in [-0.15, -0.1) is 22.0 Å². The minimum absolute atomic E-state index is 0.180. The van der Waals surface area contributed by atoms with E-state index in [-0.39, 0.29) is 11.7 Å². The van der Waals surface area contributed by atoms with Gasteiger partial charge < -0.3 is 9.88 Å². The molecular formula is C20H20Cl2N4OS2. The molecule has 0 spiro atoms. The van der Waals surface area contributed by atoms with Crippen molar-refractivity contribution in [2.75, 3.05) is 11.1 Å². The lowest BCUT2D eigenvalue weighted by atomic mass is 10.2. The molecule has 9 heteroatoms. The van der Waals surface area contributed by atoms with Crippen LogP contribution < -0.4 is 5.32 Å². The number of rotatable bonds is 8. The normalized spacial score (nSPS) is 10.9. The number of nitrogens with zero attached hydrogens (tertiary/aromatic N) is 3. The summed E-state index contributed by atoms with van der Waals surface area (Å²) in [5.74, 6) is 1.63. The molecule has 3 aromatic rings. The molecule has 1 aromatic heterocycles. The molecule has 0 fully saturated rings. The summed E-state index contributed by atoms with van der Waals surface area (Å²) in [6.07, 6.45) is 0. The second-order valence-corrected chi connectivity index (χ2v) is 9.04. The molecule has 0 bridgehead atoms. The zero-order chi connectivity index (χ0) is 20.8. The zero-order valence-electron chi connectivity index (χ0n) is 16.0. The van der Waals surface area contributed by atoms with E-state index in [0.29, 0.717) is 15.7 Å². The van der Waals surface area contributed by atoms with Gasteiger partial charge in [-0.1, -0.05) is 52.7 Å². The molecule has 0 radical (unpaired) electrons. The predicted molar refractivity (Wildman–Crippen MR) is 122 cm³/mol. The summed E-state index contributed by atoms with van der Waals surface area (Å²) in [5.41, 5.74) is 1.74. The van der Waals surface area contributed by atoms with Gasteiger partial charge in [0.05, 0.1) is 22.2 Å². The van der Waals surface area contributed by atoms with Gasteiger partial charge in [0.2, 0.25) is 5.91 Å². The van der Waals surface area contributed by atoms with Gasteiger partial charge in [-0.05, 0) is 44.2 Å². The second kappa shape index (κ2) is 10.4. The fraction of sp³-hybridized carbons (Fsp3) is 0.250. The van der Waals surface area contributed by atoms with E-state index in [1.54, 1.807) is 30.0 Å². The van der Waals surface area contributed by atoms with Crippen LogP contribution in [-0.2, 0) is 17.1 Å². The number of anilines is 1. The fourth-order valence-electron chi connectivity index (χ4n) is 2.54. The number of aromatic nitrogens is 3. The van der Waals surface area contributed by atoms with Crippen LogP contribution in [0.2, 0.25) is 10.0 Å². The number of carbonyl (C=O) groups is 1. The lowest BCUT2D eigenvalue weighted by molar-refractivity contribution is -0.113. The predicted octanol–water partition coefficient (Wildman–Crippen LogP) is 5.94.